The highest BCUT2D eigenvalue weighted by molar-refractivity contribution is 5.94. The zero-order valence-corrected chi connectivity index (χ0v) is 12.9. The minimum Gasteiger partial charge on any atom is -0.450 e. The van der Waals surface area contributed by atoms with Crippen LogP contribution in [0.1, 0.15) is 30.1 Å². The SMILES string of the molecule is CCOC(=O)N1CCC(NC(=O)c2ccn(C)c(=O)c2)CC1. The van der Waals surface area contributed by atoms with Crippen LogP contribution in [0, 0.1) is 0 Å². The van der Waals surface area contributed by atoms with Gasteiger partial charge < -0.3 is 19.5 Å². The lowest BCUT2D eigenvalue weighted by molar-refractivity contribution is 0.0860. The molecule has 1 N–H and O–H groups in total. The number of piperidine rings is 1. The highest BCUT2D eigenvalue weighted by atomic mass is 16.6. The lowest BCUT2D eigenvalue weighted by atomic mass is 10.0. The molecule has 0 atom stereocenters. The normalized spacial score (nSPS) is 15.5. The third kappa shape index (κ3) is 3.87. The lowest BCUT2D eigenvalue weighted by Gasteiger charge is -2.31. The van der Waals surface area contributed by atoms with E-state index in [4.69, 9.17) is 4.74 Å². The Labute approximate surface area is 128 Å². The third-order valence-electron chi connectivity index (χ3n) is 3.72. The molecule has 2 amide bonds. The maximum Gasteiger partial charge on any atom is 0.409 e. The molecule has 120 valence electrons. The topological polar surface area (TPSA) is 80.6 Å². The number of likely N-dealkylation sites (tertiary alicyclic amines) is 1. The van der Waals surface area contributed by atoms with Crippen LogP contribution in [-0.4, -0.2) is 47.2 Å². The number of rotatable bonds is 3. The number of pyridine rings is 1. The van der Waals surface area contributed by atoms with Crippen LogP contribution in [0.25, 0.3) is 0 Å². The third-order valence-corrected chi connectivity index (χ3v) is 3.72. The van der Waals surface area contributed by atoms with E-state index < -0.39 is 0 Å². The van der Waals surface area contributed by atoms with Crippen molar-refractivity contribution >= 4 is 12.0 Å². The average molecular weight is 307 g/mol. The molecule has 0 aliphatic carbocycles. The fourth-order valence-corrected chi connectivity index (χ4v) is 2.38. The zero-order valence-electron chi connectivity index (χ0n) is 12.9. The van der Waals surface area contributed by atoms with Crippen LogP contribution in [0.5, 0.6) is 0 Å². The quantitative estimate of drug-likeness (QED) is 0.893. The number of hydrogen-bond acceptors (Lipinski definition) is 4. The van der Waals surface area contributed by atoms with Crippen molar-refractivity contribution in [1.82, 2.24) is 14.8 Å². The first-order chi connectivity index (χ1) is 10.5. The fraction of sp³-hybridized carbons (Fsp3) is 0.533. The number of aryl methyl sites for hydroxylation is 1. The molecule has 0 bridgehead atoms. The minimum absolute atomic E-state index is 0.00207. The van der Waals surface area contributed by atoms with E-state index in [1.165, 1.54) is 10.6 Å². The van der Waals surface area contributed by atoms with Crippen LogP contribution in [0.15, 0.2) is 23.1 Å². The van der Waals surface area contributed by atoms with Crippen molar-refractivity contribution in [2.45, 2.75) is 25.8 Å². The molecule has 1 saturated heterocycles. The molecule has 2 rings (SSSR count). The second-order valence-corrected chi connectivity index (χ2v) is 5.30. The van der Waals surface area contributed by atoms with E-state index in [0.29, 0.717) is 38.1 Å². The predicted molar refractivity (Wildman–Crippen MR) is 80.8 cm³/mol. The van der Waals surface area contributed by atoms with Gasteiger partial charge in [-0.1, -0.05) is 0 Å². The molecule has 1 fully saturated rings. The van der Waals surface area contributed by atoms with Gasteiger partial charge in [0, 0.05) is 44.0 Å². The molecule has 0 unspecified atom stereocenters. The van der Waals surface area contributed by atoms with E-state index in [2.05, 4.69) is 5.32 Å². The van der Waals surface area contributed by atoms with Gasteiger partial charge in [0.05, 0.1) is 6.61 Å². The van der Waals surface area contributed by atoms with Crippen LogP contribution in [0.2, 0.25) is 0 Å². The van der Waals surface area contributed by atoms with Crippen LogP contribution < -0.4 is 10.9 Å². The minimum atomic E-state index is -0.307. The molecular weight excluding hydrogens is 286 g/mol. The number of nitrogens with zero attached hydrogens (tertiary/aromatic N) is 2. The molecular formula is C15H21N3O4. The Morgan fingerprint density at radius 1 is 1.36 bits per heavy atom. The monoisotopic (exact) mass is 307 g/mol. The number of nitrogens with one attached hydrogen (secondary N) is 1. The highest BCUT2D eigenvalue weighted by Crippen LogP contribution is 2.12. The number of amides is 2. The molecule has 1 aliphatic rings. The Morgan fingerprint density at radius 2 is 2.05 bits per heavy atom. The molecule has 2 heterocycles. The Morgan fingerprint density at radius 3 is 2.64 bits per heavy atom. The van der Waals surface area contributed by atoms with E-state index in [9.17, 15) is 14.4 Å². The van der Waals surface area contributed by atoms with Crippen LogP contribution in [0.4, 0.5) is 4.79 Å². The summed E-state index contributed by atoms with van der Waals surface area (Å²) < 4.78 is 6.37. The van der Waals surface area contributed by atoms with E-state index in [1.807, 2.05) is 0 Å². The molecule has 0 saturated carbocycles. The van der Waals surface area contributed by atoms with Crippen LogP contribution in [-0.2, 0) is 11.8 Å². The van der Waals surface area contributed by atoms with Gasteiger partial charge in [0.15, 0.2) is 0 Å². The van der Waals surface area contributed by atoms with E-state index >= 15 is 0 Å². The molecule has 22 heavy (non-hydrogen) atoms. The summed E-state index contributed by atoms with van der Waals surface area (Å²) in [5, 5.41) is 2.91. The van der Waals surface area contributed by atoms with E-state index in [0.717, 1.165) is 0 Å². The van der Waals surface area contributed by atoms with Gasteiger partial charge in [-0.05, 0) is 25.8 Å². The van der Waals surface area contributed by atoms with Crippen molar-refractivity contribution in [3.63, 3.8) is 0 Å². The first kappa shape index (κ1) is 16.1. The summed E-state index contributed by atoms with van der Waals surface area (Å²) >= 11 is 0. The lowest BCUT2D eigenvalue weighted by Crippen LogP contribution is -2.46. The van der Waals surface area contributed by atoms with Gasteiger partial charge in [0.2, 0.25) is 0 Å². The van der Waals surface area contributed by atoms with E-state index in [1.54, 1.807) is 31.1 Å². The van der Waals surface area contributed by atoms with Gasteiger partial charge >= 0.3 is 6.09 Å². The molecule has 1 aromatic heterocycles. The van der Waals surface area contributed by atoms with Gasteiger partial charge in [-0.25, -0.2) is 4.79 Å². The van der Waals surface area contributed by atoms with Crippen molar-refractivity contribution in [3.8, 4) is 0 Å². The maximum atomic E-state index is 12.1. The van der Waals surface area contributed by atoms with Gasteiger partial charge in [-0.3, -0.25) is 9.59 Å². The first-order valence-electron chi connectivity index (χ1n) is 7.40. The molecule has 0 spiro atoms. The molecule has 1 aromatic rings. The molecule has 1 aliphatic heterocycles. The first-order valence-corrected chi connectivity index (χ1v) is 7.40. The summed E-state index contributed by atoms with van der Waals surface area (Å²) in [4.78, 5) is 36.9. The van der Waals surface area contributed by atoms with Crippen molar-refractivity contribution in [1.29, 1.82) is 0 Å². The zero-order chi connectivity index (χ0) is 16.1. The summed E-state index contributed by atoms with van der Waals surface area (Å²) in [5.74, 6) is -0.257. The number of carbonyl (C=O) groups excluding carboxylic acids is 2. The number of carbonyl (C=O) groups is 2. The second kappa shape index (κ2) is 7.11. The van der Waals surface area contributed by atoms with Crippen LogP contribution >= 0.6 is 0 Å². The van der Waals surface area contributed by atoms with Gasteiger partial charge in [-0.15, -0.1) is 0 Å². The van der Waals surface area contributed by atoms with Crippen molar-refractivity contribution in [2.75, 3.05) is 19.7 Å². The summed E-state index contributed by atoms with van der Waals surface area (Å²) in [6.45, 7) is 3.24. The standard InChI is InChI=1S/C15H21N3O4/c1-3-22-15(21)18-8-5-12(6-9-18)16-14(20)11-4-7-17(2)13(19)10-11/h4,7,10,12H,3,5-6,8-9H2,1-2H3,(H,16,20). The van der Waals surface area contributed by atoms with Gasteiger partial charge in [0.1, 0.15) is 0 Å². The van der Waals surface area contributed by atoms with Crippen molar-refractivity contribution in [2.24, 2.45) is 7.05 Å². The Bertz CT molecular complexity index is 603. The summed E-state index contributed by atoms with van der Waals surface area (Å²) in [6, 6.07) is 2.94. The molecule has 0 aromatic carbocycles. The fourth-order valence-electron chi connectivity index (χ4n) is 2.38. The second-order valence-electron chi connectivity index (χ2n) is 5.30. The summed E-state index contributed by atoms with van der Waals surface area (Å²) in [7, 11) is 1.63. The molecule has 7 nitrogen and oxygen atoms in total. The number of hydrogen-bond donors (Lipinski definition) is 1. The Balaban J connectivity index is 1.87. The highest BCUT2D eigenvalue weighted by Gasteiger charge is 2.24. The Kier molecular flexibility index (Phi) is 5.19. The van der Waals surface area contributed by atoms with Gasteiger partial charge in [-0.2, -0.15) is 0 Å². The molecule has 0 radical (unpaired) electrons. The largest absolute Gasteiger partial charge is 0.450 e. The van der Waals surface area contributed by atoms with Gasteiger partial charge in [0.25, 0.3) is 11.5 Å². The predicted octanol–water partition coefficient (Wildman–Crippen LogP) is 0.736. The summed E-state index contributed by atoms with van der Waals surface area (Å²) in [6.07, 6.45) is 2.62. The van der Waals surface area contributed by atoms with E-state index in [-0.39, 0.29) is 23.6 Å². The van der Waals surface area contributed by atoms with Crippen LogP contribution in [0.3, 0.4) is 0 Å². The Hall–Kier alpha value is -2.31. The number of aromatic nitrogens is 1. The molecule has 7 heteroatoms. The van der Waals surface area contributed by atoms with Crippen molar-refractivity contribution in [3.05, 3.63) is 34.2 Å². The number of ether oxygens (including phenoxy) is 1. The summed E-state index contributed by atoms with van der Waals surface area (Å²) in [5.41, 5.74) is 0.140. The smallest absolute Gasteiger partial charge is 0.409 e. The maximum absolute atomic E-state index is 12.1. The van der Waals surface area contributed by atoms with Crippen molar-refractivity contribution < 1.29 is 14.3 Å². The average Bonchev–Trinajstić information content (AvgIpc) is 2.51.